The van der Waals surface area contributed by atoms with Crippen LogP contribution in [0.4, 0.5) is 0 Å². The van der Waals surface area contributed by atoms with E-state index < -0.39 is 10.0 Å². The summed E-state index contributed by atoms with van der Waals surface area (Å²) in [7, 11) is -1.68. The Morgan fingerprint density at radius 2 is 1.68 bits per heavy atom. The zero-order chi connectivity index (χ0) is 21.2. The molecule has 7 nitrogen and oxygen atoms in total. The first kappa shape index (κ1) is 25.4. The maximum absolute atomic E-state index is 12.7. The molecule has 1 heterocycles. The zero-order valence-electron chi connectivity index (χ0n) is 17.8. The summed E-state index contributed by atoms with van der Waals surface area (Å²) in [6.45, 7) is 2.90. The van der Waals surface area contributed by atoms with Crippen LogP contribution in [0.5, 0.6) is 5.75 Å². The molecule has 0 bridgehead atoms. The summed E-state index contributed by atoms with van der Waals surface area (Å²) < 4.78 is 32.7. The first-order chi connectivity index (χ1) is 14.6. The minimum atomic E-state index is -3.39. The zero-order valence-corrected chi connectivity index (χ0v) is 20.9. The molecule has 31 heavy (non-hydrogen) atoms. The topological polar surface area (TPSA) is 83.0 Å². The Morgan fingerprint density at radius 1 is 1.00 bits per heavy atom. The highest BCUT2D eigenvalue weighted by molar-refractivity contribution is 14.0. The summed E-state index contributed by atoms with van der Waals surface area (Å²) in [6.07, 6.45) is 2.97. The quantitative estimate of drug-likeness (QED) is 0.225. The molecule has 0 atom stereocenters. The number of hydrogen-bond acceptors (Lipinski definition) is 4. The summed E-state index contributed by atoms with van der Waals surface area (Å²) in [4.78, 5) is 4.56. The Labute approximate surface area is 202 Å². The number of nitrogens with zero attached hydrogens (tertiary/aromatic N) is 2. The lowest BCUT2D eigenvalue weighted by Crippen LogP contribution is -2.38. The third-order valence-electron chi connectivity index (χ3n) is 4.97. The van der Waals surface area contributed by atoms with E-state index in [2.05, 4.69) is 15.6 Å². The lowest BCUT2D eigenvalue weighted by Gasteiger charge is -2.25. The molecule has 2 aromatic rings. The molecule has 9 heteroatoms. The molecule has 170 valence electrons. The van der Waals surface area contributed by atoms with Gasteiger partial charge in [-0.2, -0.15) is 4.31 Å². The number of benzene rings is 2. The van der Waals surface area contributed by atoms with Crippen molar-refractivity contribution < 1.29 is 13.2 Å². The van der Waals surface area contributed by atoms with Crippen LogP contribution in [0.3, 0.4) is 0 Å². The minimum absolute atomic E-state index is 0. The normalized spacial score (nSPS) is 15.1. The number of piperidine rings is 1. The first-order valence-electron chi connectivity index (χ1n) is 10.3. The number of sulfonamides is 1. The fourth-order valence-corrected chi connectivity index (χ4v) is 4.81. The van der Waals surface area contributed by atoms with Gasteiger partial charge in [0.1, 0.15) is 12.4 Å². The van der Waals surface area contributed by atoms with Gasteiger partial charge in [-0.1, -0.05) is 36.8 Å². The second-order valence-electron chi connectivity index (χ2n) is 7.12. The van der Waals surface area contributed by atoms with E-state index in [0.29, 0.717) is 43.6 Å². The van der Waals surface area contributed by atoms with Gasteiger partial charge in [0.25, 0.3) is 0 Å². The molecular formula is C22H31IN4O3S. The highest BCUT2D eigenvalue weighted by atomic mass is 127. The number of nitrogens with one attached hydrogen (secondary N) is 2. The summed E-state index contributed by atoms with van der Waals surface area (Å²) in [6, 6.07) is 16.7. The lowest BCUT2D eigenvalue weighted by molar-refractivity contribution is 0.322. The van der Waals surface area contributed by atoms with Gasteiger partial charge in [-0.15, -0.1) is 24.0 Å². The van der Waals surface area contributed by atoms with Gasteiger partial charge in [-0.05, 0) is 42.7 Å². The number of guanidine groups is 1. The predicted octanol–water partition coefficient (Wildman–Crippen LogP) is 3.22. The van der Waals surface area contributed by atoms with Crippen molar-refractivity contribution >= 4 is 40.0 Å². The number of rotatable bonds is 8. The molecule has 0 radical (unpaired) electrons. The van der Waals surface area contributed by atoms with Gasteiger partial charge >= 0.3 is 0 Å². The van der Waals surface area contributed by atoms with Crippen molar-refractivity contribution in [3.8, 4) is 5.75 Å². The van der Waals surface area contributed by atoms with Crippen LogP contribution < -0.4 is 15.4 Å². The van der Waals surface area contributed by atoms with Crippen LogP contribution in [-0.2, 0) is 16.6 Å². The molecule has 1 aliphatic heterocycles. The number of para-hydroxylation sites is 1. The Bertz CT molecular complexity index is 916. The average Bonchev–Trinajstić information content (AvgIpc) is 2.80. The van der Waals surface area contributed by atoms with Gasteiger partial charge in [-0.25, -0.2) is 8.42 Å². The Morgan fingerprint density at radius 3 is 2.32 bits per heavy atom. The molecule has 0 aliphatic carbocycles. The summed E-state index contributed by atoms with van der Waals surface area (Å²) in [5.41, 5.74) is 0.982. The van der Waals surface area contributed by atoms with E-state index in [1.165, 1.54) is 0 Å². The van der Waals surface area contributed by atoms with E-state index >= 15 is 0 Å². The van der Waals surface area contributed by atoms with Crippen molar-refractivity contribution in [2.75, 3.05) is 33.3 Å². The molecule has 0 aromatic heterocycles. The van der Waals surface area contributed by atoms with Crippen molar-refractivity contribution in [1.29, 1.82) is 0 Å². The van der Waals surface area contributed by atoms with Gasteiger partial charge in [0, 0.05) is 26.7 Å². The van der Waals surface area contributed by atoms with E-state index in [4.69, 9.17) is 4.74 Å². The van der Waals surface area contributed by atoms with Crippen molar-refractivity contribution in [1.82, 2.24) is 14.9 Å². The van der Waals surface area contributed by atoms with Gasteiger partial charge in [-0.3, -0.25) is 4.99 Å². The largest absolute Gasteiger partial charge is 0.492 e. The van der Waals surface area contributed by atoms with E-state index in [1.54, 1.807) is 23.5 Å². The summed E-state index contributed by atoms with van der Waals surface area (Å²) in [5.74, 6) is 1.50. The van der Waals surface area contributed by atoms with Gasteiger partial charge in [0.15, 0.2) is 5.96 Å². The Balaban J connectivity index is 0.00000341. The highest BCUT2D eigenvalue weighted by Crippen LogP contribution is 2.20. The highest BCUT2D eigenvalue weighted by Gasteiger charge is 2.25. The van der Waals surface area contributed by atoms with Crippen molar-refractivity contribution in [3.05, 3.63) is 60.2 Å². The third-order valence-corrected chi connectivity index (χ3v) is 6.88. The monoisotopic (exact) mass is 558 g/mol. The van der Waals surface area contributed by atoms with Crippen LogP contribution in [0.1, 0.15) is 24.8 Å². The molecule has 1 saturated heterocycles. The smallest absolute Gasteiger partial charge is 0.243 e. The van der Waals surface area contributed by atoms with E-state index in [-0.39, 0.29) is 24.0 Å². The number of hydrogen-bond donors (Lipinski definition) is 2. The van der Waals surface area contributed by atoms with E-state index in [0.717, 1.165) is 30.6 Å². The van der Waals surface area contributed by atoms with Crippen molar-refractivity contribution in [3.63, 3.8) is 0 Å². The van der Waals surface area contributed by atoms with E-state index in [9.17, 15) is 8.42 Å². The molecule has 0 amide bonds. The van der Waals surface area contributed by atoms with Gasteiger partial charge in [0.2, 0.25) is 10.0 Å². The Hall–Kier alpha value is -1.85. The van der Waals surface area contributed by atoms with Crippen LogP contribution in [0, 0.1) is 0 Å². The average molecular weight is 558 g/mol. The van der Waals surface area contributed by atoms with Gasteiger partial charge in [0.05, 0.1) is 11.4 Å². The predicted molar refractivity (Wildman–Crippen MR) is 135 cm³/mol. The molecule has 3 rings (SSSR count). The molecule has 0 saturated carbocycles. The first-order valence-corrected chi connectivity index (χ1v) is 11.7. The number of halogens is 1. The molecule has 2 aromatic carbocycles. The molecule has 0 spiro atoms. The van der Waals surface area contributed by atoms with Crippen LogP contribution in [-0.4, -0.2) is 52.0 Å². The second kappa shape index (κ2) is 12.9. The Kier molecular flexibility index (Phi) is 10.6. The number of ether oxygens (including phenoxy) is 1. The fourth-order valence-electron chi connectivity index (χ4n) is 3.30. The maximum atomic E-state index is 12.7. The maximum Gasteiger partial charge on any atom is 0.243 e. The van der Waals surface area contributed by atoms with Crippen LogP contribution in [0.2, 0.25) is 0 Å². The van der Waals surface area contributed by atoms with Crippen LogP contribution in [0.15, 0.2) is 64.5 Å². The minimum Gasteiger partial charge on any atom is -0.492 e. The molecule has 2 N–H and O–H groups in total. The molecule has 1 aliphatic rings. The third kappa shape index (κ3) is 7.65. The standard InChI is InChI=1S/C22H30N4O3S.HI/c1-23-22(24-14-17-29-20-8-4-2-5-9-20)25-18-19-10-12-21(13-11-19)30(27,28)26-15-6-3-7-16-26;/h2,4-5,8-13H,3,6-7,14-18H2,1H3,(H2,23,24,25);1H. The number of aliphatic imine (C=N–C) groups is 1. The van der Waals surface area contributed by atoms with Crippen LogP contribution in [0.25, 0.3) is 0 Å². The molecule has 1 fully saturated rings. The molecule has 0 unspecified atom stereocenters. The second-order valence-corrected chi connectivity index (χ2v) is 9.06. The summed E-state index contributed by atoms with van der Waals surface area (Å²) >= 11 is 0. The fraction of sp³-hybridized carbons (Fsp3) is 0.409. The van der Waals surface area contributed by atoms with Crippen molar-refractivity contribution in [2.24, 2.45) is 4.99 Å². The summed E-state index contributed by atoms with van der Waals surface area (Å²) in [5, 5.41) is 6.43. The van der Waals surface area contributed by atoms with E-state index in [1.807, 2.05) is 42.5 Å². The van der Waals surface area contributed by atoms with Crippen LogP contribution >= 0.6 is 24.0 Å². The van der Waals surface area contributed by atoms with Crippen molar-refractivity contribution in [2.45, 2.75) is 30.7 Å². The van der Waals surface area contributed by atoms with Gasteiger partial charge < -0.3 is 15.4 Å². The lowest BCUT2D eigenvalue weighted by atomic mass is 10.2. The molecular weight excluding hydrogens is 527 g/mol. The SMILES string of the molecule is CN=C(NCCOc1ccccc1)NCc1ccc(S(=O)(=O)N2CCCCC2)cc1.I.